The van der Waals surface area contributed by atoms with Crippen LogP contribution in [0.3, 0.4) is 0 Å². The van der Waals surface area contributed by atoms with Crippen molar-refractivity contribution >= 4 is 14.1 Å². The quantitative estimate of drug-likeness (QED) is 0.664. The normalized spacial score (nSPS) is 36.3. The number of Topliss-reactive ketones (excluding diaryl/α,β-unsaturated/α-hetero) is 1. The van der Waals surface area contributed by atoms with Crippen molar-refractivity contribution in [2.75, 3.05) is 13.2 Å². The molecule has 5 heteroatoms. The fourth-order valence-electron chi connectivity index (χ4n) is 4.67. The van der Waals surface area contributed by atoms with Crippen LogP contribution in [0.4, 0.5) is 0 Å². The molecule has 4 nitrogen and oxygen atoms in total. The number of carbonyl (C=O) groups is 1. The Morgan fingerprint density at radius 1 is 1.16 bits per heavy atom. The van der Waals surface area contributed by atoms with E-state index in [9.17, 15) is 4.79 Å². The summed E-state index contributed by atoms with van der Waals surface area (Å²) in [5.41, 5.74) is -0.0858. The lowest BCUT2D eigenvalue weighted by Crippen LogP contribution is -2.57. The molecule has 25 heavy (non-hydrogen) atoms. The first-order valence-corrected chi connectivity index (χ1v) is 12.9. The van der Waals surface area contributed by atoms with Gasteiger partial charge in [0.05, 0.1) is 19.3 Å². The van der Waals surface area contributed by atoms with Crippen LogP contribution in [-0.4, -0.2) is 39.2 Å². The zero-order valence-electron chi connectivity index (χ0n) is 16.9. The van der Waals surface area contributed by atoms with E-state index < -0.39 is 14.1 Å². The van der Waals surface area contributed by atoms with Gasteiger partial charge in [0.25, 0.3) is 0 Å². The minimum absolute atomic E-state index is 0.00199. The minimum Gasteiger partial charge on any atom is -0.413 e. The van der Waals surface area contributed by atoms with E-state index in [4.69, 9.17) is 13.9 Å². The number of carbonyl (C=O) groups excluding carboxylic acids is 1. The Hall–Kier alpha value is -0.233. The Labute approximate surface area is 154 Å². The van der Waals surface area contributed by atoms with Gasteiger partial charge in [-0.3, -0.25) is 4.79 Å². The molecule has 0 aromatic heterocycles. The summed E-state index contributed by atoms with van der Waals surface area (Å²) in [7, 11) is -1.89. The number of ketones is 1. The zero-order valence-corrected chi connectivity index (χ0v) is 17.9. The Kier molecular flexibility index (Phi) is 5.02. The van der Waals surface area contributed by atoms with Gasteiger partial charge in [-0.25, -0.2) is 0 Å². The first-order chi connectivity index (χ1) is 11.5. The second-order valence-electron chi connectivity index (χ2n) is 10.1. The third-order valence-electron chi connectivity index (χ3n) is 7.37. The van der Waals surface area contributed by atoms with Gasteiger partial charge in [-0.1, -0.05) is 27.7 Å². The van der Waals surface area contributed by atoms with Gasteiger partial charge in [0, 0.05) is 24.2 Å². The number of rotatable bonds is 2. The molecule has 2 saturated carbocycles. The van der Waals surface area contributed by atoms with Crippen LogP contribution in [0.5, 0.6) is 0 Å². The lowest BCUT2D eigenvalue weighted by molar-refractivity contribution is -0.256. The molecular weight excluding hydrogens is 332 g/mol. The molecule has 1 saturated heterocycles. The Morgan fingerprint density at radius 3 is 2.40 bits per heavy atom. The van der Waals surface area contributed by atoms with E-state index in [1.165, 1.54) is 0 Å². The molecule has 0 amide bonds. The summed E-state index contributed by atoms with van der Waals surface area (Å²) < 4.78 is 19.1. The smallest absolute Gasteiger partial charge is 0.192 e. The van der Waals surface area contributed by atoms with Crippen molar-refractivity contribution in [2.45, 2.75) is 96.2 Å². The summed E-state index contributed by atoms with van der Waals surface area (Å²) in [5.74, 6) is -0.0891. The second kappa shape index (κ2) is 6.43. The standard InChI is InChI=1S/C20H36O4Si/c1-18(2,3)25(5,6)24-17-9-11-19(4)14-15(17)16(21)8-7-10-20(19)22-12-13-23-20/h15,17H,7-14H2,1-6H3/t15-,17+,19+/m0/s1. The summed E-state index contributed by atoms with van der Waals surface area (Å²) in [5, 5.41) is 0.164. The molecule has 1 spiro atoms. The zero-order chi connectivity index (χ0) is 18.5. The fourth-order valence-corrected chi connectivity index (χ4v) is 6.07. The summed E-state index contributed by atoms with van der Waals surface area (Å²) >= 11 is 0. The summed E-state index contributed by atoms with van der Waals surface area (Å²) in [6.07, 6.45) is 5.19. The van der Waals surface area contributed by atoms with Gasteiger partial charge in [0.15, 0.2) is 14.1 Å². The van der Waals surface area contributed by atoms with Crippen LogP contribution in [0.2, 0.25) is 18.1 Å². The Bertz CT molecular complexity index is 518. The predicted octanol–water partition coefficient (Wildman–Crippen LogP) is 4.68. The van der Waals surface area contributed by atoms with Crippen molar-refractivity contribution in [3.8, 4) is 0 Å². The molecule has 3 rings (SSSR count). The first-order valence-electron chi connectivity index (χ1n) is 9.98. The molecule has 3 atom stereocenters. The highest BCUT2D eigenvalue weighted by Crippen LogP contribution is 2.55. The van der Waals surface area contributed by atoms with E-state index in [-0.39, 0.29) is 22.5 Å². The molecule has 0 aromatic carbocycles. The van der Waals surface area contributed by atoms with Crippen molar-refractivity contribution in [2.24, 2.45) is 11.3 Å². The molecular formula is C20H36O4Si. The number of fused-ring (bicyclic) bond motifs is 3. The van der Waals surface area contributed by atoms with Gasteiger partial charge >= 0.3 is 0 Å². The largest absolute Gasteiger partial charge is 0.413 e. The molecule has 0 unspecified atom stereocenters. The number of ether oxygens (including phenoxy) is 2. The van der Waals surface area contributed by atoms with Crippen LogP contribution < -0.4 is 0 Å². The predicted molar refractivity (Wildman–Crippen MR) is 101 cm³/mol. The maximum atomic E-state index is 12.9. The summed E-state index contributed by atoms with van der Waals surface area (Å²) in [6, 6.07) is 0. The van der Waals surface area contributed by atoms with Crippen LogP contribution in [0.15, 0.2) is 0 Å². The van der Waals surface area contributed by atoms with Crippen molar-refractivity contribution in [1.29, 1.82) is 0 Å². The molecule has 3 aliphatic rings. The van der Waals surface area contributed by atoms with Gasteiger partial charge in [-0.05, 0) is 43.8 Å². The number of hydrogen-bond acceptors (Lipinski definition) is 4. The van der Waals surface area contributed by atoms with Crippen LogP contribution in [0.1, 0.15) is 66.2 Å². The topological polar surface area (TPSA) is 44.8 Å². The second-order valence-corrected chi connectivity index (χ2v) is 14.9. The molecule has 3 fully saturated rings. The molecule has 0 N–H and O–H groups in total. The molecule has 2 aliphatic carbocycles. The first kappa shape index (κ1) is 19.5. The lowest BCUT2D eigenvalue weighted by atomic mass is 9.61. The highest BCUT2D eigenvalue weighted by Gasteiger charge is 2.58. The van der Waals surface area contributed by atoms with Gasteiger partial charge in [0.1, 0.15) is 5.78 Å². The SMILES string of the molecule is CC(C)(C)[Si](C)(C)O[C@@H]1CC[C@]2(C)C[C@H]1C(=O)CCCC21OCCO1. The Morgan fingerprint density at radius 2 is 1.80 bits per heavy atom. The average Bonchev–Trinajstić information content (AvgIpc) is 2.97. The summed E-state index contributed by atoms with van der Waals surface area (Å²) in [6.45, 7) is 15.0. The molecule has 1 aliphatic heterocycles. The molecule has 0 radical (unpaired) electrons. The third-order valence-corrected chi connectivity index (χ3v) is 11.9. The van der Waals surface area contributed by atoms with Crippen molar-refractivity contribution in [3.05, 3.63) is 0 Å². The minimum atomic E-state index is -1.89. The molecule has 144 valence electrons. The lowest BCUT2D eigenvalue weighted by Gasteiger charge is -2.53. The third kappa shape index (κ3) is 3.37. The molecule has 2 bridgehead atoms. The van der Waals surface area contributed by atoms with Crippen LogP contribution >= 0.6 is 0 Å². The van der Waals surface area contributed by atoms with Gasteiger partial charge in [-0.2, -0.15) is 0 Å². The van der Waals surface area contributed by atoms with Crippen LogP contribution in [-0.2, 0) is 18.7 Å². The Balaban J connectivity index is 1.84. The average molecular weight is 369 g/mol. The van der Waals surface area contributed by atoms with Gasteiger partial charge in [-0.15, -0.1) is 0 Å². The van der Waals surface area contributed by atoms with Crippen LogP contribution in [0.25, 0.3) is 0 Å². The summed E-state index contributed by atoms with van der Waals surface area (Å²) in [4.78, 5) is 12.9. The van der Waals surface area contributed by atoms with Gasteiger partial charge < -0.3 is 13.9 Å². The number of hydrogen-bond donors (Lipinski definition) is 0. The van der Waals surface area contributed by atoms with Crippen LogP contribution in [0, 0.1) is 11.3 Å². The van der Waals surface area contributed by atoms with E-state index in [1.807, 2.05) is 0 Å². The highest BCUT2D eigenvalue weighted by molar-refractivity contribution is 6.74. The fraction of sp³-hybridized carbons (Fsp3) is 0.950. The van der Waals surface area contributed by atoms with E-state index in [0.29, 0.717) is 25.4 Å². The van der Waals surface area contributed by atoms with E-state index >= 15 is 0 Å². The van der Waals surface area contributed by atoms with Crippen molar-refractivity contribution < 1.29 is 18.7 Å². The van der Waals surface area contributed by atoms with E-state index in [1.54, 1.807) is 0 Å². The van der Waals surface area contributed by atoms with Crippen molar-refractivity contribution in [3.63, 3.8) is 0 Å². The molecule has 1 heterocycles. The molecule has 0 aromatic rings. The maximum Gasteiger partial charge on any atom is 0.192 e. The van der Waals surface area contributed by atoms with E-state index in [0.717, 1.165) is 32.1 Å². The monoisotopic (exact) mass is 368 g/mol. The highest BCUT2D eigenvalue weighted by atomic mass is 28.4. The maximum absolute atomic E-state index is 12.9. The van der Waals surface area contributed by atoms with E-state index in [2.05, 4.69) is 40.8 Å². The van der Waals surface area contributed by atoms with Crippen molar-refractivity contribution in [1.82, 2.24) is 0 Å². The van der Waals surface area contributed by atoms with Gasteiger partial charge in [0.2, 0.25) is 0 Å².